The minimum Gasteiger partial charge on any atom is -0.465 e. The Kier molecular flexibility index (Phi) is 8.12. The number of non-ortho nitro benzene ring substituents is 1. The smallest absolute Gasteiger partial charge is 0.407 e. The van der Waals surface area contributed by atoms with Crippen molar-refractivity contribution in [2.45, 2.75) is 26.8 Å². The number of pyridine rings is 1. The fraction of sp³-hybridized carbons (Fsp3) is 0.286. The van der Waals surface area contributed by atoms with Crippen LogP contribution in [-0.4, -0.2) is 46.3 Å². The number of benzene rings is 2. The molecule has 2 aromatic heterocycles. The first-order chi connectivity index (χ1) is 18.5. The summed E-state index contributed by atoms with van der Waals surface area (Å²) in [6.07, 6.45) is -1.05. The van der Waals surface area contributed by atoms with Crippen LogP contribution in [0.3, 0.4) is 0 Å². The number of ether oxygens (including phenoxy) is 2. The van der Waals surface area contributed by atoms with Crippen molar-refractivity contribution in [2.24, 2.45) is 5.41 Å². The average molecular weight is 554 g/mol. The first kappa shape index (κ1) is 27.9. The van der Waals surface area contributed by atoms with Crippen LogP contribution in [0.1, 0.15) is 32.5 Å². The Morgan fingerprint density at radius 2 is 1.90 bits per heavy atom. The fourth-order valence-corrected chi connectivity index (χ4v) is 5.46. The Hall–Kier alpha value is -4.09. The first-order valence-corrected chi connectivity index (χ1v) is 12.9. The third-order valence-corrected chi connectivity index (χ3v) is 7.26. The summed E-state index contributed by atoms with van der Waals surface area (Å²) in [5.41, 5.74) is 0.459. The highest BCUT2D eigenvalue weighted by Crippen LogP contribution is 2.42. The molecule has 9 nitrogen and oxygen atoms in total. The molecule has 0 aliphatic carbocycles. The van der Waals surface area contributed by atoms with E-state index in [0.717, 1.165) is 21.0 Å². The van der Waals surface area contributed by atoms with E-state index >= 15 is 0 Å². The van der Waals surface area contributed by atoms with Crippen molar-refractivity contribution in [1.82, 2.24) is 9.88 Å². The molecule has 2 aromatic carbocycles. The fourth-order valence-electron chi connectivity index (χ4n) is 4.38. The molecule has 39 heavy (non-hydrogen) atoms. The van der Waals surface area contributed by atoms with Crippen molar-refractivity contribution in [3.05, 3.63) is 82.3 Å². The summed E-state index contributed by atoms with van der Waals surface area (Å²) in [4.78, 5) is 29.5. The monoisotopic (exact) mass is 553 g/mol. The van der Waals surface area contributed by atoms with Gasteiger partial charge in [0.1, 0.15) is 5.75 Å². The lowest BCUT2D eigenvalue weighted by Gasteiger charge is -2.38. The summed E-state index contributed by atoms with van der Waals surface area (Å²) in [7, 11) is 1.53. The van der Waals surface area contributed by atoms with Crippen LogP contribution in [0.15, 0.2) is 60.7 Å². The molecule has 1 amide bonds. The van der Waals surface area contributed by atoms with Crippen LogP contribution in [0.2, 0.25) is 0 Å². The number of halogens is 1. The summed E-state index contributed by atoms with van der Waals surface area (Å²) in [5.74, 6) is -0.560. The van der Waals surface area contributed by atoms with Gasteiger partial charge in [-0.3, -0.25) is 15.0 Å². The standard InChI is InChI=1S/C28H28FN3O6S/c1-28(2,3)26(31(27(33)34)13-14-37-4)21-9-6-8-20(30-21)24-15-17-7-5-10-23(25(17)39-24)38-22-12-11-18(32(35)36)16-19(22)29/h5-12,15-16,26H,13-14H2,1-4H3,(H,33,34). The van der Waals surface area contributed by atoms with E-state index in [-0.39, 0.29) is 24.6 Å². The van der Waals surface area contributed by atoms with Gasteiger partial charge >= 0.3 is 6.09 Å². The number of carbonyl (C=O) groups is 1. The summed E-state index contributed by atoms with van der Waals surface area (Å²) in [6.45, 7) is 6.36. The van der Waals surface area contributed by atoms with E-state index in [1.165, 1.54) is 35.5 Å². The Labute approximate surface area is 228 Å². The van der Waals surface area contributed by atoms with Gasteiger partial charge in [0.25, 0.3) is 5.69 Å². The molecular weight excluding hydrogens is 525 g/mol. The van der Waals surface area contributed by atoms with Gasteiger partial charge in [0.15, 0.2) is 11.6 Å². The van der Waals surface area contributed by atoms with E-state index in [1.807, 2.05) is 51.1 Å². The molecule has 0 saturated carbocycles. The van der Waals surface area contributed by atoms with Crippen molar-refractivity contribution in [1.29, 1.82) is 0 Å². The molecule has 1 N–H and O–H groups in total. The molecule has 2 heterocycles. The van der Waals surface area contributed by atoms with E-state index in [1.54, 1.807) is 12.1 Å². The minimum absolute atomic E-state index is 0.124. The van der Waals surface area contributed by atoms with Crippen LogP contribution in [0.5, 0.6) is 11.5 Å². The Balaban J connectivity index is 1.71. The summed E-state index contributed by atoms with van der Waals surface area (Å²) in [5, 5.41) is 21.7. The molecule has 11 heteroatoms. The third-order valence-electron chi connectivity index (χ3n) is 6.07. The van der Waals surface area contributed by atoms with E-state index < -0.39 is 28.3 Å². The molecular formula is C28H28FN3O6S. The largest absolute Gasteiger partial charge is 0.465 e. The SMILES string of the molecule is COCCN(C(=O)O)C(c1cccc(-c2cc3cccc(Oc4ccc([N+](=O)[O-])cc4F)c3s2)n1)C(C)(C)C. The van der Waals surface area contributed by atoms with Crippen LogP contribution in [-0.2, 0) is 4.74 Å². The number of methoxy groups -OCH3 is 1. The van der Waals surface area contributed by atoms with Crippen LogP contribution in [0.25, 0.3) is 20.7 Å². The van der Waals surface area contributed by atoms with E-state index in [9.17, 15) is 24.4 Å². The molecule has 1 unspecified atom stereocenters. The number of hydrogen-bond acceptors (Lipinski definition) is 7. The van der Waals surface area contributed by atoms with Crippen LogP contribution < -0.4 is 4.74 Å². The van der Waals surface area contributed by atoms with Gasteiger partial charge < -0.3 is 14.6 Å². The molecule has 0 bridgehead atoms. The number of nitro groups is 1. The molecule has 4 aromatic rings. The molecule has 0 spiro atoms. The highest BCUT2D eigenvalue weighted by molar-refractivity contribution is 7.22. The number of fused-ring (bicyclic) bond motifs is 1. The number of thiophene rings is 1. The second-order valence-corrected chi connectivity index (χ2v) is 11.0. The maximum Gasteiger partial charge on any atom is 0.407 e. The van der Waals surface area contributed by atoms with Crippen molar-refractivity contribution < 1.29 is 28.7 Å². The first-order valence-electron chi connectivity index (χ1n) is 12.1. The molecule has 204 valence electrons. The van der Waals surface area contributed by atoms with Gasteiger partial charge in [-0.15, -0.1) is 11.3 Å². The zero-order valence-corrected chi connectivity index (χ0v) is 22.7. The number of carboxylic acid groups (broad SMARTS) is 1. The number of aromatic nitrogens is 1. The number of nitrogens with zero attached hydrogens (tertiary/aromatic N) is 3. The second kappa shape index (κ2) is 11.3. The Morgan fingerprint density at radius 1 is 1.15 bits per heavy atom. The van der Waals surface area contributed by atoms with Gasteiger partial charge in [0.05, 0.1) is 44.6 Å². The lowest BCUT2D eigenvalue weighted by Crippen LogP contribution is -2.42. The lowest BCUT2D eigenvalue weighted by atomic mass is 9.83. The van der Waals surface area contributed by atoms with Crippen LogP contribution >= 0.6 is 11.3 Å². The predicted molar refractivity (Wildman–Crippen MR) is 147 cm³/mol. The van der Waals surface area contributed by atoms with Crippen LogP contribution in [0, 0.1) is 21.3 Å². The molecule has 0 radical (unpaired) electrons. The zero-order chi connectivity index (χ0) is 28.3. The summed E-state index contributed by atoms with van der Waals surface area (Å²) in [6, 6.07) is 15.5. The van der Waals surface area contributed by atoms with Crippen LogP contribution in [0.4, 0.5) is 14.9 Å². The second-order valence-electron chi connectivity index (χ2n) is 9.94. The van der Waals surface area contributed by atoms with Crippen molar-refractivity contribution in [3.63, 3.8) is 0 Å². The predicted octanol–water partition coefficient (Wildman–Crippen LogP) is 7.52. The number of hydrogen-bond donors (Lipinski definition) is 1. The van der Waals surface area contributed by atoms with Crippen molar-refractivity contribution >= 4 is 33.2 Å². The molecule has 4 rings (SSSR count). The van der Waals surface area contributed by atoms with Gasteiger partial charge in [0, 0.05) is 19.7 Å². The van der Waals surface area contributed by atoms with Crippen molar-refractivity contribution in [2.75, 3.05) is 20.3 Å². The van der Waals surface area contributed by atoms with Gasteiger partial charge in [-0.25, -0.2) is 14.2 Å². The molecule has 0 fully saturated rings. The highest BCUT2D eigenvalue weighted by Gasteiger charge is 2.36. The van der Waals surface area contributed by atoms with E-state index in [0.29, 0.717) is 17.1 Å². The normalized spacial score (nSPS) is 12.3. The number of nitro benzene ring substituents is 1. The molecule has 0 aliphatic rings. The zero-order valence-electron chi connectivity index (χ0n) is 21.9. The topological polar surface area (TPSA) is 115 Å². The maximum absolute atomic E-state index is 14.5. The number of rotatable bonds is 9. The van der Waals surface area contributed by atoms with Gasteiger partial charge in [-0.05, 0) is 41.1 Å². The summed E-state index contributed by atoms with van der Waals surface area (Å²) >= 11 is 1.40. The van der Waals surface area contributed by atoms with Gasteiger partial charge in [0.2, 0.25) is 0 Å². The average Bonchev–Trinajstić information content (AvgIpc) is 3.32. The van der Waals surface area contributed by atoms with E-state index in [2.05, 4.69) is 0 Å². The summed E-state index contributed by atoms with van der Waals surface area (Å²) < 4.78 is 26.2. The molecule has 0 saturated heterocycles. The van der Waals surface area contributed by atoms with Gasteiger partial charge in [-0.1, -0.05) is 39.0 Å². The maximum atomic E-state index is 14.5. The third kappa shape index (κ3) is 6.15. The van der Waals surface area contributed by atoms with Crippen molar-refractivity contribution in [3.8, 4) is 22.1 Å². The quantitative estimate of drug-likeness (QED) is 0.168. The molecule has 0 aliphatic heterocycles. The van der Waals surface area contributed by atoms with E-state index in [4.69, 9.17) is 14.5 Å². The van der Waals surface area contributed by atoms with Gasteiger partial charge in [-0.2, -0.15) is 0 Å². The Morgan fingerprint density at radius 3 is 2.54 bits per heavy atom. The minimum atomic E-state index is -1.05. The Bertz CT molecular complexity index is 1520. The lowest BCUT2D eigenvalue weighted by molar-refractivity contribution is -0.385. The number of amides is 1. The molecule has 1 atom stereocenters. The highest BCUT2D eigenvalue weighted by atomic mass is 32.1.